The number of amides is 2. The highest BCUT2D eigenvalue weighted by atomic mass is 32.2. The molecule has 0 saturated heterocycles. The van der Waals surface area contributed by atoms with Gasteiger partial charge >= 0.3 is 12.0 Å². The summed E-state index contributed by atoms with van der Waals surface area (Å²) in [5, 5.41) is 14.0. The van der Waals surface area contributed by atoms with E-state index in [1.807, 2.05) is 0 Å². The van der Waals surface area contributed by atoms with Crippen LogP contribution >= 0.6 is 0 Å². The van der Waals surface area contributed by atoms with Crippen molar-refractivity contribution in [1.82, 2.24) is 5.32 Å². The molecule has 2 amide bonds. The summed E-state index contributed by atoms with van der Waals surface area (Å²) in [6.45, 7) is 3.83. The van der Waals surface area contributed by atoms with Crippen molar-refractivity contribution < 1.29 is 27.9 Å². The maximum absolute atomic E-state index is 12.2. The van der Waals surface area contributed by atoms with Crippen LogP contribution in [0.3, 0.4) is 0 Å². The normalized spacial score (nSPS) is 11.8. The number of anilines is 1. The molecule has 0 atom stereocenters. The molecule has 1 aromatic carbocycles. The first-order valence-electron chi connectivity index (χ1n) is 8.18. The number of sulfone groups is 1. The number of benzene rings is 1. The Morgan fingerprint density at radius 2 is 1.81 bits per heavy atom. The maximum Gasteiger partial charge on any atom is 0.319 e. The predicted molar refractivity (Wildman–Crippen MR) is 98.1 cm³/mol. The zero-order valence-corrected chi connectivity index (χ0v) is 16.1. The molecule has 0 aliphatic rings. The largest absolute Gasteiger partial charge is 0.481 e. The highest BCUT2D eigenvalue weighted by Gasteiger charge is 2.21. The van der Waals surface area contributed by atoms with E-state index < -0.39 is 27.4 Å². The molecule has 0 aliphatic heterocycles. The molecule has 0 unspecified atom stereocenters. The zero-order chi connectivity index (χ0) is 19.8. The van der Waals surface area contributed by atoms with Crippen LogP contribution in [0.2, 0.25) is 0 Å². The molecule has 146 valence electrons. The number of methoxy groups -OCH3 is 1. The third-order valence-corrected chi connectivity index (χ3v) is 5.47. The molecular weight excluding hydrogens is 360 g/mol. The lowest BCUT2D eigenvalue weighted by Gasteiger charge is -2.25. The van der Waals surface area contributed by atoms with Gasteiger partial charge in [-0.1, -0.05) is 0 Å². The van der Waals surface area contributed by atoms with Crippen LogP contribution in [0.25, 0.3) is 0 Å². The minimum Gasteiger partial charge on any atom is -0.481 e. The average molecular weight is 386 g/mol. The van der Waals surface area contributed by atoms with Crippen LogP contribution in [0.1, 0.15) is 33.1 Å². The Morgan fingerprint density at radius 1 is 1.19 bits per heavy atom. The number of urea groups is 1. The standard InChI is InChI=1S/C17H26N2O6S/c1-17(2,10-9-15(20)21)19-16(22)18-13-5-7-14(8-6-13)26(23,24)12-4-11-25-3/h5-8H,4,9-12H2,1-3H3,(H,20,21)(H2,18,19,22). The summed E-state index contributed by atoms with van der Waals surface area (Å²) in [5.41, 5.74) is -0.250. The number of carbonyl (C=O) groups excluding carboxylic acids is 1. The summed E-state index contributed by atoms with van der Waals surface area (Å²) in [7, 11) is -1.87. The fourth-order valence-corrected chi connectivity index (χ4v) is 3.49. The third-order valence-electron chi connectivity index (χ3n) is 3.65. The van der Waals surface area contributed by atoms with Crippen LogP contribution in [0.4, 0.5) is 10.5 Å². The number of hydrogen-bond donors (Lipinski definition) is 3. The second-order valence-corrected chi connectivity index (χ2v) is 8.66. The van der Waals surface area contributed by atoms with Gasteiger partial charge in [0.1, 0.15) is 0 Å². The van der Waals surface area contributed by atoms with Gasteiger partial charge in [0.2, 0.25) is 0 Å². The van der Waals surface area contributed by atoms with Crippen LogP contribution < -0.4 is 10.6 Å². The van der Waals surface area contributed by atoms with Gasteiger partial charge in [0, 0.05) is 31.4 Å². The Morgan fingerprint density at radius 3 is 2.35 bits per heavy atom. The smallest absolute Gasteiger partial charge is 0.319 e. The number of carbonyl (C=O) groups is 2. The van der Waals surface area contributed by atoms with Gasteiger partial charge in [-0.15, -0.1) is 0 Å². The van der Waals surface area contributed by atoms with E-state index in [0.29, 0.717) is 18.7 Å². The summed E-state index contributed by atoms with van der Waals surface area (Å²) < 4.78 is 29.2. The minimum absolute atomic E-state index is 0.00807. The molecule has 26 heavy (non-hydrogen) atoms. The topological polar surface area (TPSA) is 122 Å². The van der Waals surface area contributed by atoms with E-state index in [0.717, 1.165) is 0 Å². The van der Waals surface area contributed by atoms with E-state index >= 15 is 0 Å². The van der Waals surface area contributed by atoms with Gasteiger partial charge in [0.05, 0.1) is 10.6 Å². The van der Waals surface area contributed by atoms with Crippen molar-refractivity contribution in [2.24, 2.45) is 0 Å². The number of aliphatic carboxylic acids is 1. The number of carboxylic acids is 1. The minimum atomic E-state index is -3.39. The molecule has 0 spiro atoms. The monoisotopic (exact) mass is 386 g/mol. The molecular formula is C17H26N2O6S. The van der Waals surface area contributed by atoms with Crippen LogP contribution in [-0.2, 0) is 19.4 Å². The lowest BCUT2D eigenvalue weighted by molar-refractivity contribution is -0.137. The summed E-state index contributed by atoms with van der Waals surface area (Å²) >= 11 is 0. The number of nitrogens with one attached hydrogen (secondary N) is 2. The number of carboxylic acid groups (broad SMARTS) is 1. The number of hydrogen-bond acceptors (Lipinski definition) is 5. The number of ether oxygens (including phenoxy) is 1. The fourth-order valence-electron chi connectivity index (χ4n) is 2.21. The van der Waals surface area contributed by atoms with Crippen molar-refractivity contribution >= 4 is 27.5 Å². The molecule has 0 aliphatic carbocycles. The van der Waals surface area contributed by atoms with E-state index in [4.69, 9.17) is 9.84 Å². The van der Waals surface area contributed by atoms with Gasteiger partial charge in [0.25, 0.3) is 0 Å². The van der Waals surface area contributed by atoms with Crippen molar-refractivity contribution in [3.63, 3.8) is 0 Å². The first-order chi connectivity index (χ1) is 12.1. The Bertz CT molecular complexity index is 713. The maximum atomic E-state index is 12.2. The van der Waals surface area contributed by atoms with E-state index in [2.05, 4.69) is 10.6 Å². The lowest BCUT2D eigenvalue weighted by Crippen LogP contribution is -2.45. The van der Waals surface area contributed by atoms with Crippen LogP contribution in [0.15, 0.2) is 29.2 Å². The Kier molecular flexibility index (Phi) is 8.04. The quantitative estimate of drug-likeness (QED) is 0.530. The second-order valence-electron chi connectivity index (χ2n) is 6.55. The van der Waals surface area contributed by atoms with Crippen LogP contribution in [-0.4, -0.2) is 50.5 Å². The molecule has 0 aromatic heterocycles. The fraction of sp³-hybridized carbons (Fsp3) is 0.529. The number of rotatable bonds is 10. The van der Waals surface area contributed by atoms with Gasteiger partial charge in [-0.2, -0.15) is 0 Å². The van der Waals surface area contributed by atoms with Gasteiger partial charge in [-0.3, -0.25) is 4.79 Å². The molecule has 3 N–H and O–H groups in total. The molecule has 1 rings (SSSR count). The molecule has 0 saturated carbocycles. The van der Waals surface area contributed by atoms with Gasteiger partial charge < -0.3 is 20.5 Å². The van der Waals surface area contributed by atoms with Crippen molar-refractivity contribution in [2.45, 2.75) is 43.5 Å². The first-order valence-corrected chi connectivity index (χ1v) is 9.84. The van der Waals surface area contributed by atoms with Gasteiger partial charge in [-0.05, 0) is 51.0 Å². The van der Waals surface area contributed by atoms with Crippen molar-refractivity contribution in [3.8, 4) is 0 Å². The highest BCUT2D eigenvalue weighted by molar-refractivity contribution is 7.91. The summed E-state index contributed by atoms with van der Waals surface area (Å²) in [6.07, 6.45) is 0.643. The van der Waals surface area contributed by atoms with Crippen molar-refractivity contribution in [1.29, 1.82) is 0 Å². The predicted octanol–water partition coefficient (Wildman–Crippen LogP) is 2.26. The molecule has 9 heteroatoms. The summed E-state index contributed by atoms with van der Waals surface area (Å²) in [4.78, 5) is 22.8. The van der Waals surface area contributed by atoms with E-state index in [1.165, 1.54) is 31.4 Å². The van der Waals surface area contributed by atoms with Crippen LogP contribution in [0.5, 0.6) is 0 Å². The molecule has 0 bridgehead atoms. The Hall–Kier alpha value is -2.13. The molecule has 0 fully saturated rings. The van der Waals surface area contributed by atoms with E-state index in [1.54, 1.807) is 13.8 Å². The van der Waals surface area contributed by atoms with Crippen molar-refractivity contribution in [2.75, 3.05) is 24.8 Å². The molecule has 0 heterocycles. The zero-order valence-electron chi connectivity index (χ0n) is 15.2. The molecule has 1 aromatic rings. The van der Waals surface area contributed by atoms with Gasteiger partial charge in [0.15, 0.2) is 9.84 Å². The summed E-state index contributed by atoms with van der Waals surface area (Å²) in [5.74, 6) is -0.936. The third kappa shape index (κ3) is 7.83. The molecule has 0 radical (unpaired) electrons. The average Bonchev–Trinajstić information content (AvgIpc) is 2.53. The van der Waals surface area contributed by atoms with E-state index in [-0.39, 0.29) is 23.5 Å². The molecule has 8 nitrogen and oxygen atoms in total. The second kappa shape index (κ2) is 9.54. The van der Waals surface area contributed by atoms with Crippen molar-refractivity contribution in [3.05, 3.63) is 24.3 Å². The Balaban J connectivity index is 2.63. The Labute approximate surface area is 153 Å². The SMILES string of the molecule is COCCCS(=O)(=O)c1ccc(NC(=O)NC(C)(C)CCC(=O)O)cc1. The van der Waals surface area contributed by atoms with E-state index in [9.17, 15) is 18.0 Å². The lowest BCUT2D eigenvalue weighted by atomic mass is 9.99. The summed E-state index contributed by atoms with van der Waals surface area (Å²) in [6, 6.07) is 5.40. The first kappa shape index (κ1) is 21.9. The highest BCUT2D eigenvalue weighted by Crippen LogP contribution is 2.17. The van der Waals surface area contributed by atoms with Gasteiger partial charge in [-0.25, -0.2) is 13.2 Å². The van der Waals surface area contributed by atoms with Crippen LogP contribution in [0, 0.1) is 0 Å².